The first-order valence-corrected chi connectivity index (χ1v) is 5.52. The zero-order chi connectivity index (χ0) is 15.3. The first kappa shape index (κ1) is 15.8. The van der Waals surface area contributed by atoms with Gasteiger partial charge in [0.15, 0.2) is 6.10 Å². The molecule has 20 heavy (non-hydrogen) atoms. The van der Waals surface area contributed by atoms with Gasteiger partial charge in [-0.2, -0.15) is 8.78 Å². The molecule has 1 aromatic rings. The molecule has 0 saturated heterocycles. The molecule has 8 heteroatoms. The van der Waals surface area contributed by atoms with Gasteiger partial charge in [0.25, 0.3) is 0 Å². The SMILES string of the molecule is O=C(O)CCc1cccc(C(O)C(=O)O)c1OC(F)F. The van der Waals surface area contributed by atoms with E-state index in [2.05, 4.69) is 4.74 Å². The molecule has 1 rings (SSSR count). The Labute approximate surface area is 112 Å². The van der Waals surface area contributed by atoms with E-state index in [9.17, 15) is 23.5 Å². The third-order valence-electron chi connectivity index (χ3n) is 2.47. The number of rotatable bonds is 7. The fourth-order valence-electron chi connectivity index (χ4n) is 1.62. The zero-order valence-electron chi connectivity index (χ0n) is 10.1. The van der Waals surface area contributed by atoms with Crippen molar-refractivity contribution in [3.05, 3.63) is 29.3 Å². The number of aryl methyl sites for hydroxylation is 1. The second-order valence-electron chi connectivity index (χ2n) is 3.85. The van der Waals surface area contributed by atoms with E-state index in [1.165, 1.54) is 12.1 Å². The van der Waals surface area contributed by atoms with Crippen LogP contribution in [-0.2, 0) is 16.0 Å². The van der Waals surface area contributed by atoms with Crippen LogP contribution in [0.2, 0.25) is 0 Å². The van der Waals surface area contributed by atoms with Gasteiger partial charge in [-0.05, 0) is 12.0 Å². The first-order valence-electron chi connectivity index (χ1n) is 5.52. The van der Waals surface area contributed by atoms with E-state index in [4.69, 9.17) is 10.2 Å². The number of benzene rings is 1. The molecular weight excluding hydrogens is 278 g/mol. The van der Waals surface area contributed by atoms with Crippen LogP contribution in [0.1, 0.15) is 23.7 Å². The molecule has 0 bridgehead atoms. The number of carbonyl (C=O) groups is 2. The van der Waals surface area contributed by atoms with Gasteiger partial charge in [0, 0.05) is 12.0 Å². The predicted octanol–water partition coefficient (Wildman–Crippen LogP) is 1.42. The predicted molar refractivity (Wildman–Crippen MR) is 61.6 cm³/mol. The molecule has 0 saturated carbocycles. The van der Waals surface area contributed by atoms with Crippen molar-refractivity contribution in [1.82, 2.24) is 0 Å². The van der Waals surface area contributed by atoms with Crippen LogP contribution in [0.4, 0.5) is 8.78 Å². The highest BCUT2D eigenvalue weighted by Gasteiger charge is 2.24. The Hall–Kier alpha value is -2.22. The van der Waals surface area contributed by atoms with Crippen molar-refractivity contribution in [3.8, 4) is 5.75 Å². The number of ether oxygens (including phenoxy) is 1. The van der Waals surface area contributed by atoms with Gasteiger partial charge in [0.1, 0.15) is 5.75 Å². The number of halogens is 2. The van der Waals surface area contributed by atoms with Gasteiger partial charge in [0.05, 0.1) is 0 Å². The molecule has 0 spiro atoms. The number of para-hydroxylation sites is 1. The van der Waals surface area contributed by atoms with Crippen molar-refractivity contribution in [2.45, 2.75) is 25.6 Å². The normalized spacial score (nSPS) is 12.2. The average Bonchev–Trinajstić information content (AvgIpc) is 2.35. The molecule has 0 amide bonds. The Morgan fingerprint density at radius 1 is 1.25 bits per heavy atom. The van der Waals surface area contributed by atoms with E-state index < -0.39 is 30.4 Å². The summed E-state index contributed by atoms with van der Waals surface area (Å²) in [7, 11) is 0. The second-order valence-corrected chi connectivity index (χ2v) is 3.85. The van der Waals surface area contributed by atoms with Crippen molar-refractivity contribution < 1.29 is 38.4 Å². The molecule has 3 N–H and O–H groups in total. The number of carboxylic acid groups (broad SMARTS) is 2. The van der Waals surface area contributed by atoms with E-state index in [0.717, 1.165) is 6.07 Å². The molecule has 1 unspecified atom stereocenters. The largest absolute Gasteiger partial charge is 0.481 e. The van der Waals surface area contributed by atoms with E-state index >= 15 is 0 Å². The van der Waals surface area contributed by atoms with Gasteiger partial charge < -0.3 is 20.1 Å². The third kappa shape index (κ3) is 4.16. The number of aliphatic hydroxyl groups is 1. The van der Waals surface area contributed by atoms with Crippen molar-refractivity contribution in [2.24, 2.45) is 0 Å². The third-order valence-corrected chi connectivity index (χ3v) is 2.47. The van der Waals surface area contributed by atoms with Gasteiger partial charge in [-0.3, -0.25) is 4.79 Å². The van der Waals surface area contributed by atoms with Crippen molar-refractivity contribution in [2.75, 3.05) is 0 Å². The molecule has 0 aliphatic rings. The Kier molecular flexibility index (Phi) is 5.39. The van der Waals surface area contributed by atoms with Gasteiger partial charge in [-0.25, -0.2) is 4.79 Å². The number of hydrogen-bond donors (Lipinski definition) is 3. The summed E-state index contributed by atoms with van der Waals surface area (Å²) in [6.07, 6.45) is -2.50. The number of aliphatic hydroxyl groups excluding tert-OH is 1. The highest BCUT2D eigenvalue weighted by atomic mass is 19.3. The lowest BCUT2D eigenvalue weighted by molar-refractivity contribution is -0.147. The van der Waals surface area contributed by atoms with E-state index in [1.54, 1.807) is 0 Å². The monoisotopic (exact) mass is 290 g/mol. The minimum atomic E-state index is -3.22. The molecule has 0 aliphatic heterocycles. The summed E-state index contributed by atoms with van der Waals surface area (Å²) in [4.78, 5) is 21.2. The highest BCUT2D eigenvalue weighted by molar-refractivity contribution is 5.75. The second kappa shape index (κ2) is 6.80. The highest BCUT2D eigenvalue weighted by Crippen LogP contribution is 2.31. The Morgan fingerprint density at radius 3 is 2.40 bits per heavy atom. The lowest BCUT2D eigenvalue weighted by Crippen LogP contribution is -2.15. The number of hydrogen-bond acceptors (Lipinski definition) is 4. The summed E-state index contributed by atoms with van der Waals surface area (Å²) in [5, 5.41) is 26.8. The molecule has 1 atom stereocenters. The molecule has 110 valence electrons. The van der Waals surface area contributed by atoms with Crippen LogP contribution >= 0.6 is 0 Å². The maximum absolute atomic E-state index is 12.4. The van der Waals surface area contributed by atoms with Crippen LogP contribution in [0.3, 0.4) is 0 Å². The standard InChI is InChI=1S/C12H12F2O6/c13-12(14)20-10-6(4-5-8(15)16)2-1-3-7(10)9(17)11(18)19/h1-3,9,12,17H,4-5H2,(H,15,16)(H,18,19). The van der Waals surface area contributed by atoms with Gasteiger partial charge in [-0.15, -0.1) is 0 Å². The molecule has 1 aromatic carbocycles. The minimum Gasteiger partial charge on any atom is -0.481 e. The summed E-state index contributed by atoms with van der Waals surface area (Å²) in [5.74, 6) is -3.27. The molecular formula is C12H12F2O6. The topological polar surface area (TPSA) is 104 Å². The Balaban J connectivity index is 3.18. The van der Waals surface area contributed by atoms with Crippen LogP contribution in [0.5, 0.6) is 5.75 Å². The molecule has 0 aromatic heterocycles. The first-order chi connectivity index (χ1) is 9.32. The molecule has 0 radical (unpaired) electrons. The fourth-order valence-corrected chi connectivity index (χ4v) is 1.62. The van der Waals surface area contributed by atoms with Crippen LogP contribution < -0.4 is 4.74 Å². The summed E-state index contributed by atoms with van der Waals surface area (Å²) in [6, 6.07) is 3.79. The van der Waals surface area contributed by atoms with E-state index in [0.29, 0.717) is 0 Å². The Morgan fingerprint density at radius 2 is 1.90 bits per heavy atom. The smallest absolute Gasteiger partial charge is 0.387 e. The van der Waals surface area contributed by atoms with Crippen LogP contribution in [0.15, 0.2) is 18.2 Å². The van der Waals surface area contributed by atoms with E-state index in [1.807, 2.05) is 0 Å². The van der Waals surface area contributed by atoms with Gasteiger partial charge in [-0.1, -0.05) is 18.2 Å². The molecule has 6 nitrogen and oxygen atoms in total. The number of alkyl halides is 2. The summed E-state index contributed by atoms with van der Waals surface area (Å²) in [5.41, 5.74) is -0.258. The summed E-state index contributed by atoms with van der Waals surface area (Å²) < 4.78 is 29.0. The van der Waals surface area contributed by atoms with Gasteiger partial charge in [0.2, 0.25) is 0 Å². The molecule has 0 heterocycles. The lowest BCUT2D eigenvalue weighted by atomic mass is 10.0. The zero-order valence-corrected chi connectivity index (χ0v) is 10.1. The van der Waals surface area contributed by atoms with Crippen molar-refractivity contribution in [3.63, 3.8) is 0 Å². The van der Waals surface area contributed by atoms with Crippen LogP contribution in [0, 0.1) is 0 Å². The minimum absolute atomic E-state index is 0.0884. The number of aliphatic carboxylic acids is 2. The number of carboxylic acids is 2. The maximum atomic E-state index is 12.4. The maximum Gasteiger partial charge on any atom is 0.387 e. The Bertz CT molecular complexity index is 503. The molecule has 0 fully saturated rings. The summed E-state index contributed by atoms with van der Waals surface area (Å²) in [6.45, 7) is -3.22. The van der Waals surface area contributed by atoms with Crippen LogP contribution in [-0.4, -0.2) is 33.9 Å². The van der Waals surface area contributed by atoms with Crippen molar-refractivity contribution in [1.29, 1.82) is 0 Å². The lowest BCUT2D eigenvalue weighted by Gasteiger charge is -2.16. The quantitative estimate of drug-likeness (QED) is 0.701. The van der Waals surface area contributed by atoms with Crippen molar-refractivity contribution >= 4 is 11.9 Å². The summed E-state index contributed by atoms with van der Waals surface area (Å²) >= 11 is 0. The van der Waals surface area contributed by atoms with Gasteiger partial charge >= 0.3 is 18.6 Å². The fraction of sp³-hybridized carbons (Fsp3) is 0.333. The average molecular weight is 290 g/mol. The molecule has 0 aliphatic carbocycles. The van der Waals surface area contributed by atoms with Crippen LogP contribution in [0.25, 0.3) is 0 Å². The van der Waals surface area contributed by atoms with E-state index in [-0.39, 0.29) is 24.0 Å².